The molecule has 1 atom stereocenters. The zero-order valence-corrected chi connectivity index (χ0v) is 12.1. The Morgan fingerprint density at radius 2 is 2.00 bits per heavy atom. The van der Waals surface area contributed by atoms with Crippen LogP contribution in [-0.4, -0.2) is 22.4 Å². The first-order valence-corrected chi connectivity index (χ1v) is 6.74. The normalized spacial score (nSPS) is 17.7. The Balaban J connectivity index is 2.05. The van der Waals surface area contributed by atoms with Crippen LogP contribution in [0.25, 0.3) is 0 Å². The first-order valence-electron chi connectivity index (χ1n) is 6.74. The van der Waals surface area contributed by atoms with E-state index in [9.17, 15) is 18.0 Å². The average Bonchev–Trinajstić information content (AvgIpc) is 3.00. The number of alkyl halides is 3. The Bertz CT molecular complexity index is 736. The van der Waals surface area contributed by atoms with Crippen molar-refractivity contribution in [2.45, 2.75) is 18.6 Å². The second-order valence-electron chi connectivity index (χ2n) is 5.37. The zero-order valence-electron chi connectivity index (χ0n) is 12.1. The molecule has 1 aromatic carbocycles. The average molecular weight is 309 g/mol. The number of halogens is 3. The molecule has 0 N–H and O–H groups in total. The van der Waals surface area contributed by atoms with Crippen LogP contribution in [0.4, 0.5) is 19.0 Å². The molecular weight excluding hydrogens is 295 g/mol. The number of aromatic nitrogens is 2. The predicted molar refractivity (Wildman–Crippen MR) is 74.7 cm³/mol. The number of hydrogen-bond donors (Lipinski definition) is 0. The fourth-order valence-corrected chi connectivity index (χ4v) is 2.97. The van der Waals surface area contributed by atoms with Crippen molar-refractivity contribution in [3.05, 3.63) is 47.4 Å². The zero-order chi connectivity index (χ0) is 16.1. The van der Waals surface area contributed by atoms with E-state index in [1.54, 1.807) is 31.3 Å². The van der Waals surface area contributed by atoms with E-state index < -0.39 is 17.9 Å². The Morgan fingerprint density at radius 1 is 1.32 bits per heavy atom. The second kappa shape index (κ2) is 4.86. The Morgan fingerprint density at radius 3 is 2.68 bits per heavy atom. The van der Waals surface area contributed by atoms with E-state index in [2.05, 4.69) is 4.98 Å². The number of anilines is 1. The highest BCUT2D eigenvalue weighted by Gasteiger charge is 2.41. The Kier molecular flexibility index (Phi) is 3.23. The standard InChI is InChI=1S/C15H14F3N3O/c1-20-8-19-13(15(16,17)18)14(20)21(2)11-7-12(22)10-6-4-3-5-9(10)11/h3-6,8,11H,7H2,1-2H3. The Labute approximate surface area is 125 Å². The van der Waals surface area contributed by atoms with Crippen LogP contribution in [0.3, 0.4) is 0 Å². The highest BCUT2D eigenvalue weighted by Crippen LogP contribution is 2.41. The number of ketones is 1. The number of nitrogens with zero attached hydrogens (tertiary/aromatic N) is 3. The van der Waals surface area contributed by atoms with E-state index in [1.807, 2.05) is 0 Å². The maximum absolute atomic E-state index is 13.1. The molecule has 0 amide bonds. The van der Waals surface area contributed by atoms with Crippen LogP contribution in [0, 0.1) is 0 Å². The van der Waals surface area contributed by atoms with Gasteiger partial charge >= 0.3 is 6.18 Å². The van der Waals surface area contributed by atoms with Crippen molar-refractivity contribution in [3.8, 4) is 0 Å². The quantitative estimate of drug-likeness (QED) is 0.855. The number of carbonyl (C=O) groups is 1. The highest BCUT2D eigenvalue weighted by molar-refractivity contribution is 6.01. The largest absolute Gasteiger partial charge is 0.437 e. The van der Waals surface area contributed by atoms with Crippen LogP contribution in [-0.2, 0) is 13.2 Å². The van der Waals surface area contributed by atoms with E-state index in [1.165, 1.54) is 16.5 Å². The second-order valence-corrected chi connectivity index (χ2v) is 5.37. The van der Waals surface area contributed by atoms with E-state index in [0.29, 0.717) is 5.56 Å². The topological polar surface area (TPSA) is 38.1 Å². The maximum Gasteiger partial charge on any atom is 0.437 e. The number of imidazole rings is 1. The van der Waals surface area contributed by atoms with Gasteiger partial charge in [0.2, 0.25) is 0 Å². The van der Waals surface area contributed by atoms with Crippen LogP contribution >= 0.6 is 0 Å². The first kappa shape index (κ1) is 14.6. The maximum atomic E-state index is 13.1. The van der Waals surface area contributed by atoms with Gasteiger partial charge in [0.25, 0.3) is 0 Å². The molecular formula is C15H14F3N3O. The fraction of sp³-hybridized carbons (Fsp3) is 0.333. The fourth-order valence-electron chi connectivity index (χ4n) is 2.97. The minimum absolute atomic E-state index is 0.0398. The molecule has 116 valence electrons. The summed E-state index contributed by atoms with van der Waals surface area (Å²) in [5.41, 5.74) is 0.397. The van der Waals surface area contributed by atoms with E-state index >= 15 is 0 Å². The predicted octanol–water partition coefficient (Wildman–Crippen LogP) is 3.20. The Hall–Kier alpha value is -2.31. The van der Waals surface area contributed by atoms with Gasteiger partial charge in [-0.25, -0.2) is 4.98 Å². The number of carbonyl (C=O) groups excluding carboxylic acids is 1. The highest BCUT2D eigenvalue weighted by atomic mass is 19.4. The minimum atomic E-state index is -4.53. The summed E-state index contributed by atoms with van der Waals surface area (Å²) in [6.07, 6.45) is -3.23. The van der Waals surface area contributed by atoms with Crippen molar-refractivity contribution in [1.29, 1.82) is 0 Å². The van der Waals surface area contributed by atoms with Gasteiger partial charge in [-0.3, -0.25) is 4.79 Å². The first-order chi connectivity index (χ1) is 10.3. The van der Waals surface area contributed by atoms with E-state index in [4.69, 9.17) is 0 Å². The third-order valence-electron chi connectivity index (χ3n) is 3.97. The molecule has 0 saturated carbocycles. The van der Waals surface area contributed by atoms with Crippen LogP contribution in [0.5, 0.6) is 0 Å². The molecule has 0 radical (unpaired) electrons. The summed E-state index contributed by atoms with van der Waals surface area (Å²) in [6.45, 7) is 0. The monoisotopic (exact) mass is 309 g/mol. The van der Waals surface area contributed by atoms with Gasteiger partial charge in [-0.1, -0.05) is 24.3 Å². The van der Waals surface area contributed by atoms with Crippen LogP contribution in [0.15, 0.2) is 30.6 Å². The molecule has 22 heavy (non-hydrogen) atoms. The molecule has 0 fully saturated rings. The molecule has 4 nitrogen and oxygen atoms in total. The van der Waals surface area contributed by atoms with Crippen molar-refractivity contribution in [1.82, 2.24) is 9.55 Å². The summed E-state index contributed by atoms with van der Waals surface area (Å²) < 4.78 is 40.7. The molecule has 3 rings (SSSR count). The van der Waals surface area contributed by atoms with Gasteiger partial charge in [-0.05, 0) is 5.56 Å². The van der Waals surface area contributed by atoms with Gasteiger partial charge in [-0.2, -0.15) is 13.2 Å². The number of Topliss-reactive ketones (excluding diaryl/α,β-unsaturated/α-hetero) is 1. The van der Waals surface area contributed by atoms with Crippen LogP contribution in [0.1, 0.15) is 34.1 Å². The van der Waals surface area contributed by atoms with Gasteiger partial charge in [0, 0.05) is 26.1 Å². The molecule has 1 unspecified atom stereocenters. The third kappa shape index (κ3) is 2.17. The van der Waals surface area contributed by atoms with Gasteiger partial charge in [0.05, 0.1) is 12.4 Å². The van der Waals surface area contributed by atoms with Gasteiger partial charge in [0.15, 0.2) is 11.5 Å². The summed E-state index contributed by atoms with van der Waals surface area (Å²) >= 11 is 0. The summed E-state index contributed by atoms with van der Waals surface area (Å²) in [4.78, 5) is 17.0. The molecule has 2 aromatic rings. The van der Waals surface area contributed by atoms with Crippen molar-refractivity contribution in [2.75, 3.05) is 11.9 Å². The minimum Gasteiger partial charge on any atom is -0.352 e. The summed E-state index contributed by atoms with van der Waals surface area (Å²) in [5.74, 6) is -0.0924. The molecule has 0 aliphatic heterocycles. The lowest BCUT2D eigenvalue weighted by atomic mass is 10.1. The van der Waals surface area contributed by atoms with Gasteiger partial charge in [0.1, 0.15) is 5.82 Å². The number of benzene rings is 1. The molecule has 1 aliphatic carbocycles. The van der Waals surface area contributed by atoms with Crippen molar-refractivity contribution in [3.63, 3.8) is 0 Å². The number of rotatable bonds is 2. The summed E-state index contributed by atoms with van der Waals surface area (Å²) in [7, 11) is 3.07. The summed E-state index contributed by atoms with van der Waals surface area (Å²) in [6, 6.07) is 6.61. The van der Waals surface area contributed by atoms with Crippen LogP contribution < -0.4 is 4.90 Å². The number of hydrogen-bond acceptors (Lipinski definition) is 3. The lowest BCUT2D eigenvalue weighted by Crippen LogP contribution is -2.27. The number of aryl methyl sites for hydroxylation is 1. The van der Waals surface area contributed by atoms with Crippen molar-refractivity contribution >= 4 is 11.6 Å². The molecule has 0 saturated heterocycles. The molecule has 0 spiro atoms. The smallest absolute Gasteiger partial charge is 0.352 e. The number of fused-ring (bicyclic) bond motifs is 1. The van der Waals surface area contributed by atoms with Gasteiger partial charge in [-0.15, -0.1) is 0 Å². The van der Waals surface area contributed by atoms with Crippen LogP contribution in [0.2, 0.25) is 0 Å². The molecule has 1 aliphatic rings. The third-order valence-corrected chi connectivity index (χ3v) is 3.97. The molecule has 1 heterocycles. The van der Waals surface area contributed by atoms with Crippen molar-refractivity contribution < 1.29 is 18.0 Å². The van der Waals surface area contributed by atoms with E-state index in [-0.39, 0.29) is 18.0 Å². The molecule has 1 aromatic heterocycles. The SMILES string of the molecule is CN(c1c(C(F)(F)F)ncn1C)C1CC(=O)c2ccccc21. The lowest BCUT2D eigenvalue weighted by molar-refractivity contribution is -0.140. The lowest BCUT2D eigenvalue weighted by Gasteiger charge is -2.28. The molecule has 7 heteroatoms. The molecule has 0 bridgehead atoms. The van der Waals surface area contributed by atoms with Crippen molar-refractivity contribution in [2.24, 2.45) is 7.05 Å². The van der Waals surface area contributed by atoms with Gasteiger partial charge < -0.3 is 9.47 Å². The van der Waals surface area contributed by atoms with E-state index in [0.717, 1.165) is 11.9 Å². The summed E-state index contributed by atoms with van der Waals surface area (Å²) in [5, 5.41) is 0.